The van der Waals surface area contributed by atoms with Crippen molar-refractivity contribution in [1.82, 2.24) is 19.7 Å². The van der Waals surface area contributed by atoms with E-state index in [0.717, 1.165) is 16.7 Å². The van der Waals surface area contributed by atoms with E-state index in [1.165, 1.54) is 6.07 Å². The Morgan fingerprint density at radius 1 is 1.15 bits per heavy atom. The van der Waals surface area contributed by atoms with Crippen LogP contribution in [0.5, 0.6) is 0 Å². The number of hydrogen-bond donors (Lipinski definition) is 2. The quantitative estimate of drug-likeness (QED) is 0.540. The van der Waals surface area contributed by atoms with Gasteiger partial charge in [0.2, 0.25) is 5.95 Å². The van der Waals surface area contributed by atoms with Crippen LogP contribution in [0, 0.1) is 6.92 Å². The van der Waals surface area contributed by atoms with Gasteiger partial charge in [-0.3, -0.25) is 4.79 Å². The summed E-state index contributed by atoms with van der Waals surface area (Å²) in [5.74, 6) is 0.601. The molecule has 8 heteroatoms. The normalized spacial score (nSPS) is 11.0. The number of carbonyl (C=O) groups is 1. The van der Waals surface area contributed by atoms with Crippen LogP contribution in [-0.2, 0) is 0 Å². The molecule has 0 unspecified atom stereocenters. The van der Waals surface area contributed by atoms with Crippen molar-refractivity contribution in [3.63, 3.8) is 0 Å². The molecule has 0 aliphatic carbocycles. The highest BCUT2D eigenvalue weighted by Gasteiger charge is 2.17. The number of para-hydroxylation sites is 2. The number of rotatable bonds is 3. The number of imidazole rings is 1. The average Bonchev–Trinajstić information content (AvgIpc) is 3.19. The van der Waals surface area contributed by atoms with E-state index in [9.17, 15) is 4.79 Å². The Bertz CT molecular complexity index is 1100. The van der Waals surface area contributed by atoms with E-state index in [4.69, 9.17) is 23.2 Å². The van der Waals surface area contributed by atoms with Gasteiger partial charge >= 0.3 is 0 Å². The summed E-state index contributed by atoms with van der Waals surface area (Å²) in [6.45, 7) is 1.83. The van der Waals surface area contributed by atoms with Crippen LogP contribution in [0.15, 0.2) is 48.5 Å². The standard InChI is InChI=1S/C18H13Cl2N5O/c1-10-8-16(23-17(26)12-9-11(19)6-7-13(12)20)25(24-10)18-21-14-4-2-3-5-15(14)22-18/h2-9H,1H3,(H,21,22)(H,23,26). The van der Waals surface area contributed by atoms with Crippen molar-refractivity contribution in [2.24, 2.45) is 0 Å². The number of aromatic nitrogens is 4. The number of H-pyrrole nitrogens is 1. The van der Waals surface area contributed by atoms with Crippen molar-refractivity contribution in [3.05, 3.63) is 69.8 Å². The Hall–Kier alpha value is -2.83. The lowest BCUT2D eigenvalue weighted by molar-refractivity contribution is 0.102. The molecule has 0 bridgehead atoms. The van der Waals surface area contributed by atoms with E-state index in [2.05, 4.69) is 20.4 Å². The predicted molar refractivity (Wildman–Crippen MR) is 102 cm³/mol. The second-order valence-electron chi connectivity index (χ2n) is 5.74. The Morgan fingerprint density at radius 3 is 2.77 bits per heavy atom. The topological polar surface area (TPSA) is 75.6 Å². The first-order valence-corrected chi connectivity index (χ1v) is 8.55. The number of hydrogen-bond acceptors (Lipinski definition) is 3. The Kier molecular flexibility index (Phi) is 4.14. The highest BCUT2D eigenvalue weighted by atomic mass is 35.5. The van der Waals surface area contributed by atoms with Gasteiger partial charge in [-0.15, -0.1) is 0 Å². The molecule has 0 saturated heterocycles. The van der Waals surface area contributed by atoms with Gasteiger partial charge in [0.15, 0.2) is 0 Å². The molecule has 0 atom stereocenters. The van der Waals surface area contributed by atoms with Gasteiger partial charge in [-0.2, -0.15) is 9.78 Å². The van der Waals surface area contributed by atoms with Crippen LogP contribution in [-0.4, -0.2) is 25.7 Å². The minimum atomic E-state index is -0.380. The molecular formula is C18H13Cl2N5O. The molecule has 0 spiro atoms. The van der Waals surface area contributed by atoms with Crippen molar-refractivity contribution in [2.45, 2.75) is 6.92 Å². The number of anilines is 1. The number of aromatic amines is 1. The lowest BCUT2D eigenvalue weighted by Crippen LogP contribution is -2.16. The van der Waals surface area contributed by atoms with E-state index in [1.54, 1.807) is 22.9 Å². The Labute approximate surface area is 158 Å². The smallest absolute Gasteiger partial charge is 0.258 e. The van der Waals surface area contributed by atoms with E-state index >= 15 is 0 Å². The summed E-state index contributed by atoms with van der Waals surface area (Å²) in [6, 6.07) is 14.1. The fourth-order valence-corrected chi connectivity index (χ4v) is 3.02. The van der Waals surface area contributed by atoms with Crippen LogP contribution in [0.4, 0.5) is 5.82 Å². The third-order valence-electron chi connectivity index (χ3n) is 3.82. The molecule has 130 valence electrons. The second-order valence-corrected chi connectivity index (χ2v) is 6.58. The number of carbonyl (C=O) groups excluding carboxylic acids is 1. The SMILES string of the molecule is Cc1cc(NC(=O)c2cc(Cl)ccc2Cl)n(-c2nc3ccccc3[nH]2)n1. The first kappa shape index (κ1) is 16.6. The summed E-state index contributed by atoms with van der Waals surface area (Å²) in [5, 5.41) is 7.98. The molecule has 1 amide bonds. The highest BCUT2D eigenvalue weighted by molar-refractivity contribution is 6.36. The number of fused-ring (bicyclic) bond motifs is 1. The lowest BCUT2D eigenvalue weighted by atomic mass is 10.2. The number of nitrogens with zero attached hydrogens (tertiary/aromatic N) is 3. The van der Waals surface area contributed by atoms with Crippen LogP contribution in [0.25, 0.3) is 17.0 Å². The molecule has 2 aromatic heterocycles. The minimum Gasteiger partial charge on any atom is -0.322 e. The van der Waals surface area contributed by atoms with Crippen molar-refractivity contribution < 1.29 is 4.79 Å². The maximum absolute atomic E-state index is 12.6. The molecule has 4 rings (SSSR count). The molecule has 2 heterocycles. The molecule has 0 aliphatic rings. The number of benzene rings is 2. The summed E-state index contributed by atoms with van der Waals surface area (Å²) < 4.78 is 1.55. The predicted octanol–water partition coefficient (Wildman–Crippen LogP) is 4.62. The molecular weight excluding hydrogens is 373 g/mol. The number of halogens is 2. The van der Waals surface area contributed by atoms with Gasteiger partial charge in [0.05, 0.1) is 27.3 Å². The third kappa shape index (κ3) is 3.05. The molecule has 2 N–H and O–H groups in total. The minimum absolute atomic E-state index is 0.286. The first-order chi connectivity index (χ1) is 12.5. The first-order valence-electron chi connectivity index (χ1n) is 7.79. The third-order valence-corrected chi connectivity index (χ3v) is 4.39. The van der Waals surface area contributed by atoms with Gasteiger partial charge in [0.1, 0.15) is 5.82 Å². The van der Waals surface area contributed by atoms with E-state index < -0.39 is 0 Å². The van der Waals surface area contributed by atoms with Crippen molar-refractivity contribution in [3.8, 4) is 5.95 Å². The van der Waals surface area contributed by atoms with Gasteiger partial charge in [0.25, 0.3) is 5.91 Å². The fraction of sp³-hybridized carbons (Fsp3) is 0.0556. The number of nitrogens with one attached hydrogen (secondary N) is 2. The molecule has 0 saturated carbocycles. The fourth-order valence-electron chi connectivity index (χ4n) is 2.64. The zero-order chi connectivity index (χ0) is 18.3. The molecule has 0 fully saturated rings. The summed E-state index contributed by atoms with van der Waals surface area (Å²) in [4.78, 5) is 20.3. The molecule has 6 nitrogen and oxygen atoms in total. The van der Waals surface area contributed by atoms with Crippen LogP contribution in [0.3, 0.4) is 0 Å². The zero-order valence-electron chi connectivity index (χ0n) is 13.6. The van der Waals surface area contributed by atoms with Crippen LogP contribution >= 0.6 is 23.2 Å². The maximum atomic E-state index is 12.6. The molecule has 0 radical (unpaired) electrons. The summed E-state index contributed by atoms with van der Waals surface area (Å²) in [5.41, 5.74) is 2.71. The Morgan fingerprint density at radius 2 is 1.96 bits per heavy atom. The van der Waals surface area contributed by atoms with Crippen molar-refractivity contribution in [1.29, 1.82) is 0 Å². The van der Waals surface area contributed by atoms with Gasteiger partial charge in [-0.25, -0.2) is 4.98 Å². The van der Waals surface area contributed by atoms with Gasteiger partial charge in [-0.1, -0.05) is 35.3 Å². The molecule has 26 heavy (non-hydrogen) atoms. The van der Waals surface area contributed by atoms with Gasteiger partial charge in [0, 0.05) is 11.1 Å². The van der Waals surface area contributed by atoms with Crippen LogP contribution in [0.2, 0.25) is 10.0 Å². The summed E-state index contributed by atoms with van der Waals surface area (Å²) in [6.07, 6.45) is 0. The van der Waals surface area contributed by atoms with Crippen LogP contribution < -0.4 is 5.32 Å². The van der Waals surface area contributed by atoms with E-state index in [0.29, 0.717) is 21.8 Å². The lowest BCUT2D eigenvalue weighted by Gasteiger charge is -2.08. The largest absolute Gasteiger partial charge is 0.322 e. The van der Waals surface area contributed by atoms with E-state index in [-0.39, 0.29) is 11.5 Å². The number of aryl methyl sites for hydroxylation is 1. The molecule has 0 aliphatic heterocycles. The highest BCUT2D eigenvalue weighted by Crippen LogP contribution is 2.23. The van der Waals surface area contributed by atoms with E-state index in [1.807, 2.05) is 31.2 Å². The van der Waals surface area contributed by atoms with Crippen LogP contribution in [0.1, 0.15) is 16.1 Å². The van der Waals surface area contributed by atoms with Gasteiger partial charge in [-0.05, 0) is 37.3 Å². The zero-order valence-corrected chi connectivity index (χ0v) is 15.1. The number of amides is 1. The monoisotopic (exact) mass is 385 g/mol. The molecule has 4 aromatic rings. The second kappa shape index (κ2) is 6.48. The van der Waals surface area contributed by atoms with Crippen molar-refractivity contribution in [2.75, 3.05) is 5.32 Å². The maximum Gasteiger partial charge on any atom is 0.258 e. The van der Waals surface area contributed by atoms with Crippen molar-refractivity contribution >= 4 is 46.0 Å². The Balaban J connectivity index is 1.72. The molecule has 2 aromatic carbocycles. The van der Waals surface area contributed by atoms with Gasteiger partial charge < -0.3 is 10.3 Å². The summed E-state index contributed by atoms with van der Waals surface area (Å²) >= 11 is 12.1. The average molecular weight is 386 g/mol. The summed E-state index contributed by atoms with van der Waals surface area (Å²) in [7, 11) is 0.